The van der Waals surface area contributed by atoms with Gasteiger partial charge in [0.15, 0.2) is 6.61 Å². The van der Waals surface area contributed by atoms with E-state index < -0.39 is 5.97 Å². The summed E-state index contributed by atoms with van der Waals surface area (Å²) in [5, 5.41) is 3.72. The second kappa shape index (κ2) is 9.29. The molecule has 1 aromatic heterocycles. The number of hydrogen-bond acceptors (Lipinski definition) is 4. The van der Waals surface area contributed by atoms with Gasteiger partial charge in [0.2, 0.25) is 0 Å². The minimum absolute atomic E-state index is 0.162. The van der Waals surface area contributed by atoms with Gasteiger partial charge in [-0.2, -0.15) is 0 Å². The predicted molar refractivity (Wildman–Crippen MR) is 121 cm³/mol. The second-order valence-electron chi connectivity index (χ2n) is 8.21. The van der Waals surface area contributed by atoms with Crippen LogP contribution in [0.15, 0.2) is 48.5 Å². The fourth-order valence-corrected chi connectivity index (χ4v) is 4.42. The Morgan fingerprint density at radius 2 is 1.77 bits per heavy atom. The first-order chi connectivity index (χ1) is 15.0. The molecular formula is C26H28N2O3. The van der Waals surface area contributed by atoms with Crippen LogP contribution in [0.5, 0.6) is 0 Å². The number of nitrogens with zero attached hydrogens (tertiary/aromatic N) is 1. The van der Waals surface area contributed by atoms with Gasteiger partial charge in [0.05, 0.1) is 17.1 Å². The summed E-state index contributed by atoms with van der Waals surface area (Å²) in [5.41, 5.74) is 5.50. The number of nitrogens with one attached hydrogen (secondary N) is 1. The summed E-state index contributed by atoms with van der Waals surface area (Å²) < 4.78 is 5.49. The maximum absolute atomic E-state index is 13.1. The van der Waals surface area contributed by atoms with Crippen molar-refractivity contribution in [2.24, 2.45) is 0 Å². The largest absolute Gasteiger partial charge is 0.452 e. The van der Waals surface area contributed by atoms with Crippen LogP contribution in [-0.2, 0) is 22.4 Å². The van der Waals surface area contributed by atoms with Gasteiger partial charge in [-0.25, -0.2) is 4.79 Å². The van der Waals surface area contributed by atoms with Crippen molar-refractivity contribution in [1.29, 1.82) is 0 Å². The van der Waals surface area contributed by atoms with Crippen molar-refractivity contribution in [3.8, 4) is 0 Å². The molecule has 1 heterocycles. The third-order valence-corrected chi connectivity index (χ3v) is 5.99. The van der Waals surface area contributed by atoms with Crippen molar-refractivity contribution >= 4 is 22.8 Å². The van der Waals surface area contributed by atoms with Crippen LogP contribution in [0, 0.1) is 6.92 Å². The SMILES string of the molecule is Cc1ccccc1C(C)NC(=O)COC(=O)c1c2c(nc3ccccc13)CCCCC2. The van der Waals surface area contributed by atoms with Crippen molar-refractivity contribution in [3.63, 3.8) is 0 Å². The predicted octanol–water partition coefficient (Wildman–Crippen LogP) is 4.85. The number of esters is 1. The van der Waals surface area contributed by atoms with Gasteiger partial charge in [-0.15, -0.1) is 0 Å². The molecule has 1 amide bonds. The standard InChI is InChI=1S/C26H28N2O3/c1-17-10-6-7-11-19(17)18(2)27-24(29)16-31-26(30)25-20-12-4-3-5-14-22(20)28-23-15-9-8-13-21(23)25/h6-11,13,15,18H,3-5,12,14,16H2,1-2H3,(H,27,29). The third-order valence-electron chi connectivity index (χ3n) is 5.99. The summed E-state index contributed by atoms with van der Waals surface area (Å²) in [6, 6.07) is 15.4. The van der Waals surface area contributed by atoms with Gasteiger partial charge in [0.25, 0.3) is 5.91 Å². The molecule has 0 spiro atoms. The first kappa shape index (κ1) is 21.0. The molecule has 1 aliphatic rings. The molecule has 0 fully saturated rings. The lowest BCUT2D eigenvalue weighted by Crippen LogP contribution is -2.31. The first-order valence-corrected chi connectivity index (χ1v) is 11.0. The topological polar surface area (TPSA) is 68.3 Å². The van der Waals surface area contributed by atoms with Crippen LogP contribution < -0.4 is 5.32 Å². The maximum atomic E-state index is 13.1. The molecule has 160 valence electrons. The van der Waals surface area contributed by atoms with Gasteiger partial charge in [0.1, 0.15) is 0 Å². The lowest BCUT2D eigenvalue weighted by atomic mass is 9.97. The number of carbonyl (C=O) groups is 2. The summed E-state index contributed by atoms with van der Waals surface area (Å²) in [6.07, 6.45) is 4.91. The lowest BCUT2D eigenvalue weighted by molar-refractivity contribution is -0.124. The molecule has 1 unspecified atom stereocenters. The van der Waals surface area contributed by atoms with Gasteiger partial charge in [-0.05, 0) is 62.3 Å². The zero-order chi connectivity index (χ0) is 21.8. The molecule has 5 heteroatoms. The van der Waals surface area contributed by atoms with Crippen LogP contribution in [0.4, 0.5) is 0 Å². The summed E-state index contributed by atoms with van der Waals surface area (Å²) in [7, 11) is 0. The second-order valence-corrected chi connectivity index (χ2v) is 8.21. The van der Waals surface area contributed by atoms with Crippen LogP contribution in [-0.4, -0.2) is 23.5 Å². The van der Waals surface area contributed by atoms with E-state index >= 15 is 0 Å². The van der Waals surface area contributed by atoms with Crippen molar-refractivity contribution in [2.45, 2.75) is 52.0 Å². The van der Waals surface area contributed by atoms with E-state index in [1.165, 1.54) is 0 Å². The molecule has 4 rings (SSSR count). The van der Waals surface area contributed by atoms with E-state index in [1.807, 2.05) is 62.4 Å². The van der Waals surface area contributed by atoms with Gasteiger partial charge in [0, 0.05) is 11.1 Å². The Morgan fingerprint density at radius 1 is 1.03 bits per heavy atom. The van der Waals surface area contributed by atoms with Crippen LogP contribution in [0.25, 0.3) is 10.9 Å². The van der Waals surface area contributed by atoms with Gasteiger partial charge < -0.3 is 10.1 Å². The molecule has 31 heavy (non-hydrogen) atoms. The fraction of sp³-hybridized carbons (Fsp3) is 0.346. The fourth-order valence-electron chi connectivity index (χ4n) is 4.42. The molecular weight excluding hydrogens is 388 g/mol. The van der Waals surface area contributed by atoms with E-state index in [-0.39, 0.29) is 18.6 Å². The van der Waals surface area contributed by atoms with Crippen molar-refractivity contribution < 1.29 is 14.3 Å². The summed E-state index contributed by atoms with van der Waals surface area (Å²) >= 11 is 0. The monoisotopic (exact) mass is 416 g/mol. The first-order valence-electron chi connectivity index (χ1n) is 11.0. The van der Waals surface area contributed by atoms with E-state index in [0.29, 0.717) is 5.56 Å². The molecule has 0 aliphatic heterocycles. The Balaban J connectivity index is 1.52. The Kier molecular flexibility index (Phi) is 6.31. The summed E-state index contributed by atoms with van der Waals surface area (Å²) in [4.78, 5) is 30.4. The molecule has 2 aromatic carbocycles. The van der Waals surface area contributed by atoms with Crippen LogP contribution in [0.2, 0.25) is 0 Å². The maximum Gasteiger partial charge on any atom is 0.339 e. The number of pyridine rings is 1. The molecule has 1 aliphatic carbocycles. The number of aromatic nitrogens is 1. The van der Waals surface area contributed by atoms with Gasteiger partial charge in [-0.1, -0.05) is 48.9 Å². The Hall–Kier alpha value is -3.21. The van der Waals surface area contributed by atoms with Crippen LogP contribution >= 0.6 is 0 Å². The Labute approximate surface area is 182 Å². The minimum atomic E-state index is -0.449. The lowest BCUT2D eigenvalue weighted by Gasteiger charge is -2.17. The highest BCUT2D eigenvalue weighted by Gasteiger charge is 2.23. The number of ether oxygens (including phenoxy) is 1. The Bertz CT molecular complexity index is 1120. The van der Waals surface area contributed by atoms with E-state index in [2.05, 4.69) is 5.32 Å². The molecule has 5 nitrogen and oxygen atoms in total. The van der Waals surface area contributed by atoms with Crippen molar-refractivity contribution in [3.05, 3.63) is 76.5 Å². The number of aryl methyl sites for hydroxylation is 2. The molecule has 1 atom stereocenters. The van der Waals surface area contributed by atoms with Crippen molar-refractivity contribution in [2.75, 3.05) is 6.61 Å². The van der Waals surface area contributed by atoms with E-state index in [4.69, 9.17) is 9.72 Å². The highest BCUT2D eigenvalue weighted by atomic mass is 16.5. The average Bonchev–Trinajstić information content (AvgIpc) is 3.01. The number of amides is 1. The smallest absolute Gasteiger partial charge is 0.339 e. The number of hydrogen-bond donors (Lipinski definition) is 1. The molecule has 0 radical (unpaired) electrons. The number of carbonyl (C=O) groups excluding carboxylic acids is 2. The third kappa shape index (κ3) is 4.61. The summed E-state index contributed by atoms with van der Waals surface area (Å²) in [5.74, 6) is -0.760. The summed E-state index contributed by atoms with van der Waals surface area (Å²) in [6.45, 7) is 3.64. The highest BCUT2D eigenvalue weighted by Crippen LogP contribution is 2.29. The van der Waals surface area contributed by atoms with E-state index in [9.17, 15) is 9.59 Å². The molecule has 0 saturated carbocycles. The number of benzene rings is 2. The zero-order valence-electron chi connectivity index (χ0n) is 18.1. The zero-order valence-corrected chi connectivity index (χ0v) is 18.1. The molecule has 0 bridgehead atoms. The quantitative estimate of drug-likeness (QED) is 0.477. The highest BCUT2D eigenvalue weighted by molar-refractivity contribution is 6.05. The van der Waals surface area contributed by atoms with Crippen LogP contribution in [0.1, 0.15) is 65.0 Å². The molecule has 1 N–H and O–H groups in total. The Morgan fingerprint density at radius 3 is 2.61 bits per heavy atom. The number of para-hydroxylation sites is 1. The molecule has 0 saturated heterocycles. The van der Waals surface area contributed by atoms with E-state index in [0.717, 1.165) is 65.4 Å². The molecule has 3 aromatic rings. The number of rotatable bonds is 5. The minimum Gasteiger partial charge on any atom is -0.452 e. The van der Waals surface area contributed by atoms with Gasteiger partial charge >= 0.3 is 5.97 Å². The van der Waals surface area contributed by atoms with Crippen molar-refractivity contribution in [1.82, 2.24) is 10.3 Å². The van der Waals surface area contributed by atoms with Crippen LogP contribution in [0.3, 0.4) is 0 Å². The van der Waals surface area contributed by atoms with Gasteiger partial charge in [-0.3, -0.25) is 9.78 Å². The van der Waals surface area contributed by atoms with E-state index in [1.54, 1.807) is 0 Å². The number of fused-ring (bicyclic) bond motifs is 2. The normalized spacial score (nSPS) is 14.4. The average molecular weight is 417 g/mol.